The number of rotatable bonds is 5. The quantitative estimate of drug-likeness (QED) is 0.888. The summed E-state index contributed by atoms with van der Waals surface area (Å²) in [5.74, 6) is -0.891. The summed E-state index contributed by atoms with van der Waals surface area (Å²) in [5.41, 5.74) is 0.377. The molecule has 1 amide bonds. The van der Waals surface area contributed by atoms with Gasteiger partial charge in [0.2, 0.25) is 0 Å². The minimum Gasteiger partial charge on any atom is -0.493 e. The number of likely N-dealkylation sites (tertiary alicyclic amines) is 1. The largest absolute Gasteiger partial charge is 0.493 e. The zero-order chi connectivity index (χ0) is 15.4. The van der Waals surface area contributed by atoms with Gasteiger partial charge in [0.1, 0.15) is 11.8 Å². The van der Waals surface area contributed by atoms with Crippen molar-refractivity contribution in [3.05, 3.63) is 29.8 Å². The zero-order valence-corrected chi connectivity index (χ0v) is 12.1. The molecule has 6 heteroatoms. The molecule has 1 aliphatic rings. The van der Waals surface area contributed by atoms with E-state index in [0.29, 0.717) is 24.3 Å². The molecule has 1 aromatic rings. The Kier molecular flexibility index (Phi) is 4.80. The third-order valence-electron chi connectivity index (χ3n) is 3.56. The molecule has 2 unspecified atom stereocenters. The summed E-state index contributed by atoms with van der Waals surface area (Å²) in [4.78, 5) is 25.3. The van der Waals surface area contributed by atoms with E-state index in [9.17, 15) is 14.7 Å². The van der Waals surface area contributed by atoms with E-state index >= 15 is 0 Å². The number of para-hydroxylation sites is 1. The van der Waals surface area contributed by atoms with Crippen LogP contribution in [-0.4, -0.2) is 54.3 Å². The topological polar surface area (TPSA) is 76.1 Å². The summed E-state index contributed by atoms with van der Waals surface area (Å²) < 4.78 is 10.6. The van der Waals surface area contributed by atoms with Crippen LogP contribution >= 0.6 is 0 Å². The first-order valence-corrected chi connectivity index (χ1v) is 6.86. The summed E-state index contributed by atoms with van der Waals surface area (Å²) in [7, 11) is 1.52. The third kappa shape index (κ3) is 3.16. The second-order valence-electron chi connectivity index (χ2n) is 4.83. The van der Waals surface area contributed by atoms with Crippen molar-refractivity contribution in [3.8, 4) is 5.75 Å². The number of hydrogen-bond donors (Lipinski definition) is 1. The van der Waals surface area contributed by atoms with Crippen LogP contribution in [0.15, 0.2) is 24.3 Å². The maximum Gasteiger partial charge on any atom is 0.326 e. The Morgan fingerprint density at radius 3 is 2.71 bits per heavy atom. The monoisotopic (exact) mass is 293 g/mol. The normalized spacial score (nSPS) is 21.3. The lowest BCUT2D eigenvalue weighted by molar-refractivity contribution is -0.141. The van der Waals surface area contributed by atoms with Gasteiger partial charge in [0.05, 0.1) is 18.3 Å². The van der Waals surface area contributed by atoms with Crippen LogP contribution in [0.1, 0.15) is 23.7 Å². The maximum atomic E-state index is 12.6. The van der Waals surface area contributed by atoms with Crippen molar-refractivity contribution in [1.29, 1.82) is 0 Å². The van der Waals surface area contributed by atoms with Gasteiger partial charge in [-0.05, 0) is 19.1 Å². The van der Waals surface area contributed by atoms with Gasteiger partial charge in [-0.1, -0.05) is 12.1 Å². The summed E-state index contributed by atoms with van der Waals surface area (Å²) in [6.07, 6.45) is 0.0447. The van der Waals surface area contributed by atoms with Crippen molar-refractivity contribution >= 4 is 11.9 Å². The molecule has 0 saturated carbocycles. The number of hydrogen-bond acceptors (Lipinski definition) is 4. The number of aliphatic carboxylic acids is 1. The number of carbonyl (C=O) groups is 2. The molecule has 0 aromatic heterocycles. The highest BCUT2D eigenvalue weighted by Gasteiger charge is 2.40. The molecule has 1 N–H and O–H groups in total. The average molecular weight is 293 g/mol. The summed E-state index contributed by atoms with van der Waals surface area (Å²) in [6.45, 7) is 2.54. The zero-order valence-electron chi connectivity index (χ0n) is 12.1. The summed E-state index contributed by atoms with van der Waals surface area (Å²) in [5, 5.41) is 9.28. The van der Waals surface area contributed by atoms with E-state index in [2.05, 4.69) is 0 Å². The van der Waals surface area contributed by atoms with Crippen LogP contribution in [0.25, 0.3) is 0 Å². The Hall–Kier alpha value is -2.08. The lowest BCUT2D eigenvalue weighted by Gasteiger charge is -2.22. The highest BCUT2D eigenvalue weighted by atomic mass is 16.5. The van der Waals surface area contributed by atoms with Gasteiger partial charge in [0.25, 0.3) is 5.91 Å². The summed E-state index contributed by atoms with van der Waals surface area (Å²) >= 11 is 0. The Morgan fingerprint density at radius 2 is 2.10 bits per heavy atom. The predicted molar refractivity (Wildman–Crippen MR) is 75.5 cm³/mol. The fourth-order valence-electron chi connectivity index (χ4n) is 2.51. The van der Waals surface area contributed by atoms with E-state index < -0.39 is 12.0 Å². The molecule has 1 fully saturated rings. The van der Waals surface area contributed by atoms with Crippen molar-refractivity contribution in [3.63, 3.8) is 0 Å². The molecule has 1 aromatic carbocycles. The maximum absolute atomic E-state index is 12.6. The van der Waals surface area contributed by atoms with Crippen molar-refractivity contribution in [2.24, 2.45) is 0 Å². The van der Waals surface area contributed by atoms with Gasteiger partial charge in [-0.2, -0.15) is 0 Å². The number of ether oxygens (including phenoxy) is 2. The van der Waals surface area contributed by atoms with Gasteiger partial charge in [-0.3, -0.25) is 4.79 Å². The molecular weight excluding hydrogens is 274 g/mol. The minimum atomic E-state index is -1.02. The first kappa shape index (κ1) is 15.3. The van der Waals surface area contributed by atoms with Gasteiger partial charge in [-0.15, -0.1) is 0 Å². The molecule has 6 nitrogen and oxygen atoms in total. The van der Waals surface area contributed by atoms with Crippen molar-refractivity contribution < 1.29 is 24.2 Å². The number of benzene rings is 1. The number of amides is 1. The van der Waals surface area contributed by atoms with E-state index in [0.717, 1.165) is 0 Å². The molecule has 1 heterocycles. The predicted octanol–water partition coefficient (Wildman–Crippen LogP) is 1.40. The van der Waals surface area contributed by atoms with Gasteiger partial charge >= 0.3 is 5.97 Å². The number of carboxylic acids is 1. The molecule has 0 spiro atoms. The molecule has 2 rings (SSSR count). The van der Waals surface area contributed by atoms with Gasteiger partial charge in [0, 0.05) is 20.1 Å². The molecular formula is C15H19NO5. The summed E-state index contributed by atoms with van der Waals surface area (Å²) in [6, 6.07) is 5.99. The third-order valence-corrected chi connectivity index (χ3v) is 3.56. The van der Waals surface area contributed by atoms with Gasteiger partial charge in [-0.25, -0.2) is 4.79 Å². The van der Waals surface area contributed by atoms with Crippen LogP contribution in [-0.2, 0) is 9.53 Å². The van der Waals surface area contributed by atoms with Crippen molar-refractivity contribution in [1.82, 2.24) is 4.90 Å². The Bertz CT molecular complexity index is 531. The van der Waals surface area contributed by atoms with Crippen LogP contribution < -0.4 is 4.74 Å². The van der Waals surface area contributed by atoms with Crippen LogP contribution in [0.5, 0.6) is 5.75 Å². The Balaban J connectivity index is 2.28. The lowest BCUT2D eigenvalue weighted by atomic mass is 10.1. The Morgan fingerprint density at radius 1 is 1.38 bits per heavy atom. The van der Waals surface area contributed by atoms with E-state index in [1.807, 2.05) is 6.92 Å². The SMILES string of the molecule is CCOc1ccccc1C(=O)N1CC(OC)CC1C(=O)O. The second kappa shape index (κ2) is 6.58. The smallest absolute Gasteiger partial charge is 0.326 e. The van der Waals surface area contributed by atoms with Crippen molar-refractivity contribution in [2.75, 3.05) is 20.3 Å². The van der Waals surface area contributed by atoms with Crippen molar-refractivity contribution in [2.45, 2.75) is 25.5 Å². The molecule has 1 saturated heterocycles. The molecule has 2 atom stereocenters. The second-order valence-corrected chi connectivity index (χ2v) is 4.83. The van der Waals surface area contributed by atoms with E-state index in [1.54, 1.807) is 24.3 Å². The van der Waals surface area contributed by atoms with Gasteiger partial charge < -0.3 is 19.5 Å². The fraction of sp³-hybridized carbons (Fsp3) is 0.467. The van der Waals surface area contributed by atoms with E-state index in [4.69, 9.17) is 9.47 Å². The minimum absolute atomic E-state index is 0.255. The number of nitrogens with zero attached hydrogens (tertiary/aromatic N) is 1. The van der Waals surface area contributed by atoms with Crippen LogP contribution in [0.4, 0.5) is 0 Å². The highest BCUT2D eigenvalue weighted by Crippen LogP contribution is 2.26. The molecule has 0 radical (unpaired) electrons. The van der Waals surface area contributed by atoms with E-state index in [-0.39, 0.29) is 18.6 Å². The highest BCUT2D eigenvalue weighted by molar-refractivity contribution is 5.99. The van der Waals surface area contributed by atoms with Crippen LogP contribution in [0.3, 0.4) is 0 Å². The van der Waals surface area contributed by atoms with Gasteiger partial charge in [0.15, 0.2) is 0 Å². The first-order valence-electron chi connectivity index (χ1n) is 6.86. The number of carbonyl (C=O) groups excluding carboxylic acids is 1. The number of carboxylic acid groups (broad SMARTS) is 1. The average Bonchev–Trinajstić information content (AvgIpc) is 2.92. The molecule has 0 bridgehead atoms. The molecule has 21 heavy (non-hydrogen) atoms. The molecule has 114 valence electrons. The standard InChI is InChI=1S/C15H19NO5/c1-3-21-13-7-5-4-6-11(13)14(17)16-9-10(20-2)8-12(16)15(18)19/h4-7,10,12H,3,8-9H2,1-2H3,(H,18,19). The van der Waals surface area contributed by atoms with Crippen LogP contribution in [0, 0.1) is 0 Å². The number of methoxy groups -OCH3 is 1. The lowest BCUT2D eigenvalue weighted by Crippen LogP contribution is -2.40. The van der Waals surface area contributed by atoms with E-state index in [1.165, 1.54) is 12.0 Å². The first-order chi connectivity index (χ1) is 10.1. The molecule has 0 aliphatic carbocycles. The van der Waals surface area contributed by atoms with Crippen LogP contribution in [0.2, 0.25) is 0 Å². The fourth-order valence-corrected chi connectivity index (χ4v) is 2.51. The molecule has 1 aliphatic heterocycles. The Labute approximate surface area is 123 Å².